The SMILES string of the molecule is CCCN(c1cc(C)ccc1OC)[C@H](CC)C(=O)O. The van der Waals surface area contributed by atoms with E-state index in [-0.39, 0.29) is 0 Å². The summed E-state index contributed by atoms with van der Waals surface area (Å²) in [4.78, 5) is 13.3. The first kappa shape index (κ1) is 15.3. The second kappa shape index (κ2) is 7.02. The first-order valence-corrected chi connectivity index (χ1v) is 6.69. The maximum absolute atomic E-state index is 11.4. The molecule has 0 saturated carbocycles. The number of rotatable bonds is 7. The third-order valence-electron chi connectivity index (χ3n) is 3.16. The molecule has 1 rings (SSSR count). The molecule has 0 amide bonds. The van der Waals surface area contributed by atoms with Gasteiger partial charge in [-0.25, -0.2) is 4.79 Å². The highest BCUT2D eigenvalue weighted by atomic mass is 16.5. The van der Waals surface area contributed by atoms with Gasteiger partial charge in [-0.2, -0.15) is 0 Å². The molecule has 19 heavy (non-hydrogen) atoms. The summed E-state index contributed by atoms with van der Waals surface area (Å²) in [5.74, 6) is -0.0711. The molecule has 1 atom stereocenters. The number of ether oxygens (including phenoxy) is 1. The van der Waals surface area contributed by atoms with Crippen LogP contribution in [-0.2, 0) is 4.79 Å². The summed E-state index contributed by atoms with van der Waals surface area (Å²) >= 11 is 0. The molecule has 0 spiro atoms. The van der Waals surface area contributed by atoms with Crippen LogP contribution in [0.5, 0.6) is 5.75 Å². The van der Waals surface area contributed by atoms with Gasteiger partial charge in [0.2, 0.25) is 0 Å². The highest BCUT2D eigenvalue weighted by Crippen LogP contribution is 2.31. The minimum Gasteiger partial charge on any atom is -0.495 e. The molecule has 4 nitrogen and oxygen atoms in total. The Hall–Kier alpha value is -1.71. The molecule has 1 aromatic rings. The highest BCUT2D eigenvalue weighted by Gasteiger charge is 2.25. The lowest BCUT2D eigenvalue weighted by Gasteiger charge is -2.31. The lowest BCUT2D eigenvalue weighted by atomic mass is 10.1. The van der Waals surface area contributed by atoms with Gasteiger partial charge in [0.05, 0.1) is 12.8 Å². The molecule has 1 aromatic carbocycles. The summed E-state index contributed by atoms with van der Waals surface area (Å²) in [6.45, 7) is 6.63. The molecule has 0 aliphatic heterocycles. The molecule has 106 valence electrons. The summed E-state index contributed by atoms with van der Waals surface area (Å²) < 4.78 is 5.37. The largest absolute Gasteiger partial charge is 0.495 e. The van der Waals surface area contributed by atoms with Crippen molar-refractivity contribution in [3.8, 4) is 5.75 Å². The molecular weight excluding hydrogens is 242 g/mol. The minimum atomic E-state index is -0.792. The molecule has 0 fully saturated rings. The molecule has 0 bridgehead atoms. The topological polar surface area (TPSA) is 49.8 Å². The Morgan fingerprint density at radius 3 is 2.58 bits per heavy atom. The molecule has 4 heteroatoms. The molecule has 0 unspecified atom stereocenters. The van der Waals surface area contributed by atoms with Crippen molar-refractivity contribution >= 4 is 11.7 Å². The summed E-state index contributed by atoms with van der Waals surface area (Å²) in [6, 6.07) is 5.33. The van der Waals surface area contributed by atoms with Gasteiger partial charge >= 0.3 is 5.97 Å². The van der Waals surface area contributed by atoms with Crippen molar-refractivity contribution in [1.82, 2.24) is 0 Å². The van der Waals surface area contributed by atoms with Crippen LogP contribution in [-0.4, -0.2) is 30.8 Å². The number of anilines is 1. The molecular formula is C15H23NO3. The van der Waals surface area contributed by atoms with Gasteiger partial charge in [-0.15, -0.1) is 0 Å². The van der Waals surface area contributed by atoms with Crippen LogP contribution in [0.15, 0.2) is 18.2 Å². The zero-order chi connectivity index (χ0) is 14.4. The molecule has 0 aliphatic rings. The van der Waals surface area contributed by atoms with Crippen molar-refractivity contribution in [1.29, 1.82) is 0 Å². The predicted octanol–water partition coefficient (Wildman–Crippen LogP) is 3.08. The monoisotopic (exact) mass is 265 g/mol. The van der Waals surface area contributed by atoms with Gasteiger partial charge in [-0.1, -0.05) is 19.9 Å². The van der Waals surface area contributed by atoms with Crippen molar-refractivity contribution in [2.24, 2.45) is 0 Å². The van der Waals surface area contributed by atoms with Crippen LogP contribution in [0, 0.1) is 6.92 Å². The Balaban J connectivity index is 3.24. The summed E-state index contributed by atoms with van der Waals surface area (Å²) in [5, 5.41) is 9.38. The fourth-order valence-electron chi connectivity index (χ4n) is 2.24. The Bertz CT molecular complexity index is 431. The van der Waals surface area contributed by atoms with Gasteiger partial charge in [-0.05, 0) is 37.5 Å². The van der Waals surface area contributed by atoms with E-state index in [2.05, 4.69) is 0 Å². The van der Waals surface area contributed by atoms with E-state index in [4.69, 9.17) is 4.74 Å². The highest BCUT2D eigenvalue weighted by molar-refractivity contribution is 5.79. The zero-order valence-electron chi connectivity index (χ0n) is 12.1. The van der Waals surface area contributed by atoms with Crippen LogP contribution in [0.1, 0.15) is 32.3 Å². The van der Waals surface area contributed by atoms with Gasteiger partial charge in [0.25, 0.3) is 0 Å². The number of aryl methyl sites for hydroxylation is 1. The van der Waals surface area contributed by atoms with E-state index < -0.39 is 12.0 Å². The number of carboxylic acids is 1. The number of hydrogen-bond donors (Lipinski definition) is 1. The molecule has 0 saturated heterocycles. The van der Waals surface area contributed by atoms with E-state index in [9.17, 15) is 9.90 Å². The average Bonchev–Trinajstić information content (AvgIpc) is 2.38. The third-order valence-corrected chi connectivity index (χ3v) is 3.16. The lowest BCUT2D eigenvalue weighted by molar-refractivity contribution is -0.138. The first-order chi connectivity index (χ1) is 9.04. The van der Waals surface area contributed by atoms with Crippen LogP contribution < -0.4 is 9.64 Å². The van der Waals surface area contributed by atoms with Gasteiger partial charge < -0.3 is 14.7 Å². The number of carboxylic acid groups (broad SMARTS) is 1. The first-order valence-electron chi connectivity index (χ1n) is 6.69. The van der Waals surface area contributed by atoms with Crippen LogP contribution in [0.3, 0.4) is 0 Å². The molecule has 0 radical (unpaired) electrons. The maximum Gasteiger partial charge on any atom is 0.326 e. The van der Waals surface area contributed by atoms with E-state index in [0.29, 0.717) is 13.0 Å². The molecule has 0 aliphatic carbocycles. The predicted molar refractivity (Wildman–Crippen MR) is 77.1 cm³/mol. The van der Waals surface area contributed by atoms with Crippen molar-refractivity contribution in [2.75, 3.05) is 18.6 Å². The van der Waals surface area contributed by atoms with Crippen molar-refractivity contribution in [3.05, 3.63) is 23.8 Å². The number of nitrogens with zero attached hydrogens (tertiary/aromatic N) is 1. The molecule has 1 N–H and O–H groups in total. The number of carbonyl (C=O) groups is 1. The second-order valence-electron chi connectivity index (χ2n) is 4.63. The van der Waals surface area contributed by atoms with Crippen LogP contribution in [0.25, 0.3) is 0 Å². The third kappa shape index (κ3) is 3.63. The second-order valence-corrected chi connectivity index (χ2v) is 4.63. The number of hydrogen-bond acceptors (Lipinski definition) is 3. The van der Waals surface area contributed by atoms with Crippen molar-refractivity contribution in [3.63, 3.8) is 0 Å². The molecule has 0 aromatic heterocycles. The van der Waals surface area contributed by atoms with Gasteiger partial charge in [0.15, 0.2) is 0 Å². The maximum atomic E-state index is 11.4. The number of aliphatic carboxylic acids is 1. The lowest BCUT2D eigenvalue weighted by Crippen LogP contribution is -2.41. The Morgan fingerprint density at radius 1 is 1.42 bits per heavy atom. The Morgan fingerprint density at radius 2 is 2.11 bits per heavy atom. The average molecular weight is 265 g/mol. The van der Waals surface area contributed by atoms with Gasteiger partial charge in [0, 0.05) is 6.54 Å². The van der Waals surface area contributed by atoms with Crippen molar-refractivity contribution < 1.29 is 14.6 Å². The van der Waals surface area contributed by atoms with Crippen LogP contribution in [0.2, 0.25) is 0 Å². The van der Waals surface area contributed by atoms with Crippen molar-refractivity contribution in [2.45, 2.75) is 39.7 Å². The fraction of sp³-hybridized carbons (Fsp3) is 0.533. The van der Waals surface area contributed by atoms with Crippen LogP contribution in [0.4, 0.5) is 5.69 Å². The Labute approximate surface area is 115 Å². The Kier molecular flexibility index (Phi) is 5.67. The van der Waals surface area contributed by atoms with E-state index >= 15 is 0 Å². The van der Waals surface area contributed by atoms with Crippen LogP contribution >= 0.6 is 0 Å². The number of benzene rings is 1. The van der Waals surface area contributed by atoms with E-state index in [0.717, 1.165) is 23.4 Å². The minimum absolute atomic E-state index is 0.518. The smallest absolute Gasteiger partial charge is 0.326 e. The molecule has 0 heterocycles. The fourth-order valence-corrected chi connectivity index (χ4v) is 2.24. The zero-order valence-corrected chi connectivity index (χ0v) is 12.1. The standard InChI is InChI=1S/C15H23NO3/c1-5-9-16(12(6-2)15(17)18)13-10-11(3)7-8-14(13)19-4/h7-8,10,12H,5-6,9H2,1-4H3,(H,17,18)/t12-/m1/s1. The number of methoxy groups -OCH3 is 1. The van der Waals surface area contributed by atoms with Gasteiger partial charge in [-0.3, -0.25) is 0 Å². The summed E-state index contributed by atoms with van der Waals surface area (Å²) in [6.07, 6.45) is 1.45. The van der Waals surface area contributed by atoms with E-state index in [1.54, 1.807) is 7.11 Å². The normalized spacial score (nSPS) is 12.0. The van der Waals surface area contributed by atoms with E-state index in [1.165, 1.54) is 0 Å². The quantitative estimate of drug-likeness (QED) is 0.823. The van der Waals surface area contributed by atoms with E-state index in [1.807, 2.05) is 43.9 Å². The summed E-state index contributed by atoms with van der Waals surface area (Å²) in [7, 11) is 1.61. The van der Waals surface area contributed by atoms with Gasteiger partial charge in [0.1, 0.15) is 11.8 Å². The summed E-state index contributed by atoms with van der Waals surface area (Å²) in [5.41, 5.74) is 1.95.